The molecule has 27 heavy (non-hydrogen) atoms. The Morgan fingerprint density at radius 1 is 1.07 bits per heavy atom. The number of carbonyl (C=O) groups excluding carboxylic acids is 1. The molecule has 5 heteroatoms. The summed E-state index contributed by atoms with van der Waals surface area (Å²) in [5, 5.41) is 0. The van der Waals surface area contributed by atoms with Gasteiger partial charge in [0, 0.05) is 11.9 Å². The van der Waals surface area contributed by atoms with Crippen molar-refractivity contribution in [1.29, 1.82) is 0 Å². The summed E-state index contributed by atoms with van der Waals surface area (Å²) in [5.74, 6) is 0.421. The van der Waals surface area contributed by atoms with Crippen LogP contribution in [0.4, 0.5) is 5.69 Å². The zero-order valence-electron chi connectivity index (χ0n) is 15.7. The average Bonchev–Trinajstić information content (AvgIpc) is 2.68. The molecule has 1 aromatic heterocycles. The van der Waals surface area contributed by atoms with E-state index in [0.29, 0.717) is 6.54 Å². The minimum absolute atomic E-state index is 0.118. The fourth-order valence-corrected chi connectivity index (χ4v) is 2.93. The third kappa shape index (κ3) is 4.08. The van der Waals surface area contributed by atoms with E-state index in [-0.39, 0.29) is 11.5 Å². The first kappa shape index (κ1) is 18.5. The van der Waals surface area contributed by atoms with Gasteiger partial charge in [-0.15, -0.1) is 0 Å². The molecule has 1 N–H and O–H groups in total. The van der Waals surface area contributed by atoms with Crippen LogP contribution in [-0.2, 0) is 6.54 Å². The Labute approximate surface area is 158 Å². The second-order valence-electron chi connectivity index (χ2n) is 6.44. The van der Waals surface area contributed by atoms with E-state index in [1.54, 1.807) is 24.1 Å². The van der Waals surface area contributed by atoms with Gasteiger partial charge in [-0.05, 0) is 60.9 Å². The molecule has 0 saturated carbocycles. The molecular weight excluding hydrogens is 340 g/mol. The van der Waals surface area contributed by atoms with Gasteiger partial charge in [0.15, 0.2) is 0 Å². The Balaban J connectivity index is 2.05. The van der Waals surface area contributed by atoms with Crippen molar-refractivity contribution in [2.45, 2.75) is 20.4 Å². The fraction of sp³-hybridized carbons (Fsp3) is 0.182. The van der Waals surface area contributed by atoms with Gasteiger partial charge in [0.05, 0.1) is 13.7 Å². The van der Waals surface area contributed by atoms with Crippen LogP contribution in [0.5, 0.6) is 5.75 Å². The number of anilines is 1. The van der Waals surface area contributed by atoms with Crippen LogP contribution >= 0.6 is 0 Å². The van der Waals surface area contributed by atoms with Gasteiger partial charge in [0.2, 0.25) is 0 Å². The van der Waals surface area contributed by atoms with Gasteiger partial charge >= 0.3 is 0 Å². The van der Waals surface area contributed by atoms with Gasteiger partial charge in [-0.25, -0.2) is 0 Å². The van der Waals surface area contributed by atoms with E-state index >= 15 is 0 Å². The Morgan fingerprint density at radius 2 is 1.81 bits per heavy atom. The molecule has 3 rings (SSSR count). The Morgan fingerprint density at radius 3 is 2.48 bits per heavy atom. The maximum Gasteiger partial charge on any atom is 0.264 e. The normalized spacial score (nSPS) is 10.5. The predicted octanol–water partition coefficient (Wildman–Crippen LogP) is 3.85. The van der Waals surface area contributed by atoms with Gasteiger partial charge < -0.3 is 14.6 Å². The number of carbonyl (C=O) groups is 1. The quantitative estimate of drug-likeness (QED) is 0.750. The summed E-state index contributed by atoms with van der Waals surface area (Å²) in [6, 6.07) is 16.7. The van der Waals surface area contributed by atoms with Gasteiger partial charge in [0.25, 0.3) is 11.5 Å². The van der Waals surface area contributed by atoms with Crippen LogP contribution in [0.1, 0.15) is 27.0 Å². The Bertz CT molecular complexity index is 1010. The van der Waals surface area contributed by atoms with Crippen LogP contribution in [0, 0.1) is 13.8 Å². The van der Waals surface area contributed by atoms with E-state index in [4.69, 9.17) is 4.74 Å². The molecule has 1 heterocycles. The highest BCUT2D eigenvalue weighted by Gasteiger charge is 2.22. The van der Waals surface area contributed by atoms with E-state index in [2.05, 4.69) is 4.98 Å². The molecule has 0 unspecified atom stereocenters. The summed E-state index contributed by atoms with van der Waals surface area (Å²) >= 11 is 0. The summed E-state index contributed by atoms with van der Waals surface area (Å²) in [4.78, 5) is 29.6. The number of benzene rings is 2. The lowest BCUT2D eigenvalue weighted by molar-refractivity contribution is 0.0983. The zero-order valence-corrected chi connectivity index (χ0v) is 15.7. The lowest BCUT2D eigenvalue weighted by Gasteiger charge is -2.25. The molecule has 0 bridgehead atoms. The topological polar surface area (TPSA) is 62.4 Å². The van der Waals surface area contributed by atoms with Crippen LogP contribution in [0.15, 0.2) is 65.6 Å². The number of hydrogen-bond acceptors (Lipinski definition) is 3. The molecule has 0 atom stereocenters. The molecule has 0 fully saturated rings. The number of H-pyrrole nitrogens is 1. The largest absolute Gasteiger partial charge is 0.497 e. The first-order valence-electron chi connectivity index (χ1n) is 8.69. The van der Waals surface area contributed by atoms with Gasteiger partial charge in [-0.1, -0.05) is 24.3 Å². The fourth-order valence-electron chi connectivity index (χ4n) is 2.93. The molecule has 2 aromatic carbocycles. The molecule has 0 radical (unpaired) electrons. The predicted molar refractivity (Wildman–Crippen MR) is 106 cm³/mol. The van der Waals surface area contributed by atoms with Gasteiger partial charge in [-0.2, -0.15) is 0 Å². The highest BCUT2D eigenvalue weighted by Crippen LogP contribution is 2.25. The van der Waals surface area contributed by atoms with Crippen LogP contribution < -0.4 is 15.2 Å². The number of nitrogens with zero attached hydrogens (tertiary/aromatic N) is 1. The number of aromatic nitrogens is 1. The summed E-state index contributed by atoms with van der Waals surface area (Å²) < 4.78 is 5.20. The summed E-state index contributed by atoms with van der Waals surface area (Å²) in [6.07, 6.45) is 1.52. The third-order valence-corrected chi connectivity index (χ3v) is 4.45. The zero-order chi connectivity index (χ0) is 19.4. The monoisotopic (exact) mass is 362 g/mol. The van der Waals surface area contributed by atoms with Crippen molar-refractivity contribution < 1.29 is 9.53 Å². The van der Waals surface area contributed by atoms with Crippen molar-refractivity contribution in [1.82, 2.24) is 4.98 Å². The van der Waals surface area contributed by atoms with Crippen molar-refractivity contribution in [3.63, 3.8) is 0 Å². The highest BCUT2D eigenvalue weighted by molar-refractivity contribution is 6.06. The Hall–Kier alpha value is -3.34. The molecule has 1 amide bonds. The summed E-state index contributed by atoms with van der Waals surface area (Å²) in [7, 11) is 1.61. The molecule has 138 valence electrons. The maximum absolute atomic E-state index is 13.2. The molecule has 0 aliphatic rings. The lowest BCUT2D eigenvalue weighted by Crippen LogP contribution is -2.34. The Kier molecular flexibility index (Phi) is 5.41. The van der Waals surface area contributed by atoms with E-state index in [1.807, 2.05) is 56.3 Å². The first-order valence-corrected chi connectivity index (χ1v) is 8.69. The molecule has 0 aliphatic heterocycles. The number of methoxy groups -OCH3 is 1. The second-order valence-corrected chi connectivity index (χ2v) is 6.44. The number of aromatic amines is 1. The van der Waals surface area contributed by atoms with Crippen molar-refractivity contribution >= 4 is 11.6 Å². The molecule has 0 saturated heterocycles. The minimum atomic E-state index is -0.396. The van der Waals surface area contributed by atoms with E-state index in [1.165, 1.54) is 6.20 Å². The highest BCUT2D eigenvalue weighted by atomic mass is 16.5. The summed E-state index contributed by atoms with van der Waals surface area (Å²) in [6.45, 7) is 4.29. The SMILES string of the molecule is COc1ccc(CN(C(=O)c2ccc[nH]c2=O)c2cc(C)ccc2C)cc1. The molecule has 0 aliphatic carbocycles. The number of nitrogens with one attached hydrogen (secondary N) is 1. The first-order chi connectivity index (χ1) is 13.0. The number of rotatable bonds is 5. The molecule has 0 spiro atoms. The van der Waals surface area contributed by atoms with Gasteiger partial charge in [0.1, 0.15) is 11.3 Å². The van der Waals surface area contributed by atoms with Crippen LogP contribution in [0.3, 0.4) is 0 Å². The smallest absolute Gasteiger partial charge is 0.264 e. The van der Waals surface area contributed by atoms with Crippen molar-refractivity contribution in [2.24, 2.45) is 0 Å². The van der Waals surface area contributed by atoms with E-state index in [0.717, 1.165) is 28.1 Å². The summed E-state index contributed by atoms with van der Waals surface area (Å²) in [5.41, 5.74) is 3.47. The van der Waals surface area contributed by atoms with Crippen LogP contribution in [-0.4, -0.2) is 18.0 Å². The van der Waals surface area contributed by atoms with Crippen LogP contribution in [0.2, 0.25) is 0 Å². The average molecular weight is 362 g/mol. The number of amides is 1. The molecular formula is C22H22N2O3. The number of aryl methyl sites for hydroxylation is 2. The molecule has 3 aromatic rings. The number of pyridine rings is 1. The lowest BCUT2D eigenvalue weighted by atomic mass is 10.1. The second kappa shape index (κ2) is 7.91. The number of ether oxygens (including phenoxy) is 1. The number of hydrogen-bond donors (Lipinski definition) is 1. The molecule has 5 nitrogen and oxygen atoms in total. The van der Waals surface area contributed by atoms with Crippen molar-refractivity contribution in [3.05, 3.63) is 93.4 Å². The van der Waals surface area contributed by atoms with E-state index in [9.17, 15) is 9.59 Å². The van der Waals surface area contributed by atoms with Crippen LogP contribution in [0.25, 0.3) is 0 Å². The standard InChI is InChI=1S/C22H22N2O3/c1-15-6-7-16(2)20(13-15)24(14-17-8-10-18(27-3)11-9-17)22(26)19-5-4-12-23-21(19)25/h4-13H,14H2,1-3H3,(H,23,25). The minimum Gasteiger partial charge on any atom is -0.497 e. The van der Waals surface area contributed by atoms with E-state index < -0.39 is 5.56 Å². The van der Waals surface area contributed by atoms with Gasteiger partial charge in [-0.3, -0.25) is 9.59 Å². The maximum atomic E-state index is 13.2. The third-order valence-electron chi connectivity index (χ3n) is 4.45. The van der Waals surface area contributed by atoms with Crippen molar-refractivity contribution in [3.8, 4) is 5.75 Å². The van der Waals surface area contributed by atoms with Crippen molar-refractivity contribution in [2.75, 3.05) is 12.0 Å².